The SMILES string of the molecule is COc1cc(C)nc2c(F)cc(CCN)cc12. The lowest BCUT2D eigenvalue weighted by atomic mass is 10.1. The number of methoxy groups -OCH3 is 1. The summed E-state index contributed by atoms with van der Waals surface area (Å²) >= 11 is 0. The van der Waals surface area contributed by atoms with Crippen molar-refractivity contribution in [3.63, 3.8) is 0 Å². The molecule has 2 aromatic rings. The maximum atomic E-state index is 13.9. The Bertz CT molecular complexity index is 555. The van der Waals surface area contributed by atoms with Gasteiger partial charge in [-0.3, -0.25) is 0 Å². The highest BCUT2D eigenvalue weighted by molar-refractivity contribution is 5.86. The summed E-state index contributed by atoms with van der Waals surface area (Å²) in [5.74, 6) is 0.318. The summed E-state index contributed by atoms with van der Waals surface area (Å²) < 4.78 is 19.2. The number of aryl methyl sites for hydroxylation is 1. The predicted octanol–water partition coefficient (Wildman–Crippen LogP) is 2.19. The lowest BCUT2D eigenvalue weighted by Gasteiger charge is -2.09. The number of pyridine rings is 1. The van der Waals surface area contributed by atoms with Gasteiger partial charge in [0, 0.05) is 17.1 Å². The molecular weight excluding hydrogens is 219 g/mol. The molecule has 0 aliphatic rings. The summed E-state index contributed by atoms with van der Waals surface area (Å²) in [6.07, 6.45) is 0.643. The van der Waals surface area contributed by atoms with E-state index in [0.29, 0.717) is 29.6 Å². The molecule has 1 aromatic carbocycles. The number of aromatic nitrogens is 1. The fourth-order valence-electron chi connectivity index (χ4n) is 1.91. The Morgan fingerprint density at radius 2 is 2.12 bits per heavy atom. The molecule has 1 heterocycles. The van der Waals surface area contributed by atoms with Gasteiger partial charge < -0.3 is 10.5 Å². The van der Waals surface area contributed by atoms with Crippen LogP contribution in [0.1, 0.15) is 11.3 Å². The second kappa shape index (κ2) is 4.67. The van der Waals surface area contributed by atoms with E-state index in [2.05, 4.69) is 4.98 Å². The van der Waals surface area contributed by atoms with Crippen LogP contribution in [0.2, 0.25) is 0 Å². The highest BCUT2D eigenvalue weighted by atomic mass is 19.1. The highest BCUT2D eigenvalue weighted by Crippen LogP contribution is 2.28. The monoisotopic (exact) mass is 234 g/mol. The van der Waals surface area contributed by atoms with Crippen LogP contribution < -0.4 is 10.5 Å². The van der Waals surface area contributed by atoms with Gasteiger partial charge in [0.05, 0.1) is 7.11 Å². The minimum absolute atomic E-state index is 0.326. The lowest BCUT2D eigenvalue weighted by Crippen LogP contribution is -2.03. The van der Waals surface area contributed by atoms with E-state index < -0.39 is 0 Å². The Balaban J connectivity index is 2.72. The first-order chi connectivity index (χ1) is 8.15. The first-order valence-electron chi connectivity index (χ1n) is 5.49. The smallest absolute Gasteiger partial charge is 0.149 e. The number of nitrogens with zero attached hydrogens (tertiary/aromatic N) is 1. The first-order valence-corrected chi connectivity index (χ1v) is 5.49. The van der Waals surface area contributed by atoms with E-state index >= 15 is 0 Å². The average molecular weight is 234 g/mol. The minimum Gasteiger partial charge on any atom is -0.496 e. The van der Waals surface area contributed by atoms with Gasteiger partial charge in [0.15, 0.2) is 0 Å². The number of hydrogen-bond acceptors (Lipinski definition) is 3. The molecule has 0 unspecified atom stereocenters. The van der Waals surface area contributed by atoms with E-state index in [9.17, 15) is 4.39 Å². The van der Waals surface area contributed by atoms with Crippen molar-refractivity contribution in [3.8, 4) is 5.75 Å². The van der Waals surface area contributed by atoms with Gasteiger partial charge in [-0.1, -0.05) is 0 Å². The van der Waals surface area contributed by atoms with Crippen LogP contribution in [0.25, 0.3) is 10.9 Å². The van der Waals surface area contributed by atoms with E-state index in [0.717, 1.165) is 11.3 Å². The van der Waals surface area contributed by atoms with Crippen LogP contribution in [0, 0.1) is 12.7 Å². The maximum absolute atomic E-state index is 13.9. The Kier molecular flexibility index (Phi) is 3.24. The van der Waals surface area contributed by atoms with Crippen molar-refractivity contribution in [1.29, 1.82) is 0 Å². The number of ether oxygens (including phenoxy) is 1. The van der Waals surface area contributed by atoms with Crippen molar-refractivity contribution in [1.82, 2.24) is 4.98 Å². The number of rotatable bonds is 3. The summed E-state index contributed by atoms with van der Waals surface area (Å²) in [6, 6.07) is 5.17. The molecule has 0 radical (unpaired) electrons. The predicted molar refractivity (Wildman–Crippen MR) is 65.7 cm³/mol. The van der Waals surface area contributed by atoms with E-state index in [-0.39, 0.29) is 5.82 Å². The van der Waals surface area contributed by atoms with Crippen LogP contribution in [0.5, 0.6) is 5.75 Å². The minimum atomic E-state index is -0.326. The zero-order valence-electron chi connectivity index (χ0n) is 9.96. The summed E-state index contributed by atoms with van der Waals surface area (Å²) in [6.45, 7) is 2.31. The molecule has 90 valence electrons. The topological polar surface area (TPSA) is 48.1 Å². The molecule has 0 saturated carbocycles. The van der Waals surface area contributed by atoms with Crippen LogP contribution in [0.3, 0.4) is 0 Å². The second-order valence-electron chi connectivity index (χ2n) is 3.98. The summed E-state index contributed by atoms with van der Waals surface area (Å²) in [5.41, 5.74) is 7.43. The van der Waals surface area contributed by atoms with Crippen LogP contribution >= 0.6 is 0 Å². The molecular formula is C13H15FN2O. The largest absolute Gasteiger partial charge is 0.496 e. The standard InChI is InChI=1S/C13H15FN2O/c1-8-5-12(17-2)10-6-9(3-4-15)7-11(14)13(10)16-8/h5-7H,3-4,15H2,1-2H3. The third-order valence-electron chi connectivity index (χ3n) is 2.67. The van der Waals surface area contributed by atoms with Crippen LogP contribution in [0.4, 0.5) is 4.39 Å². The van der Waals surface area contributed by atoms with Crippen molar-refractivity contribution < 1.29 is 9.13 Å². The molecule has 2 rings (SSSR count). The number of nitrogens with two attached hydrogens (primary N) is 1. The molecule has 0 spiro atoms. The maximum Gasteiger partial charge on any atom is 0.149 e. The zero-order valence-corrected chi connectivity index (χ0v) is 9.96. The van der Waals surface area contributed by atoms with Crippen LogP contribution in [0.15, 0.2) is 18.2 Å². The molecule has 0 aliphatic heterocycles. The second-order valence-corrected chi connectivity index (χ2v) is 3.98. The van der Waals surface area contributed by atoms with Gasteiger partial charge in [0.1, 0.15) is 17.1 Å². The van der Waals surface area contributed by atoms with E-state index in [1.165, 1.54) is 6.07 Å². The molecule has 0 fully saturated rings. The summed E-state index contributed by atoms with van der Waals surface area (Å²) in [5, 5.41) is 0.696. The molecule has 0 atom stereocenters. The summed E-state index contributed by atoms with van der Waals surface area (Å²) in [4.78, 5) is 4.20. The van der Waals surface area contributed by atoms with Gasteiger partial charge in [0.25, 0.3) is 0 Å². The average Bonchev–Trinajstić information content (AvgIpc) is 2.30. The highest BCUT2D eigenvalue weighted by Gasteiger charge is 2.10. The van der Waals surface area contributed by atoms with Gasteiger partial charge in [-0.25, -0.2) is 9.37 Å². The molecule has 0 saturated heterocycles. The Morgan fingerprint density at radius 1 is 1.35 bits per heavy atom. The van der Waals surface area contributed by atoms with Gasteiger partial charge in [0.2, 0.25) is 0 Å². The van der Waals surface area contributed by atoms with Crippen molar-refractivity contribution >= 4 is 10.9 Å². The third kappa shape index (κ3) is 2.22. The molecule has 1 aromatic heterocycles. The van der Waals surface area contributed by atoms with E-state index in [1.807, 2.05) is 13.0 Å². The van der Waals surface area contributed by atoms with Crippen molar-refractivity contribution in [2.24, 2.45) is 5.73 Å². The molecule has 2 N–H and O–H groups in total. The molecule has 3 nitrogen and oxygen atoms in total. The van der Waals surface area contributed by atoms with Crippen molar-refractivity contribution in [2.45, 2.75) is 13.3 Å². The molecule has 0 bridgehead atoms. The van der Waals surface area contributed by atoms with Gasteiger partial charge in [-0.2, -0.15) is 0 Å². The first kappa shape index (κ1) is 11.8. The van der Waals surface area contributed by atoms with E-state index in [1.54, 1.807) is 13.2 Å². The molecule has 0 amide bonds. The normalized spacial score (nSPS) is 10.8. The Hall–Kier alpha value is -1.68. The fourth-order valence-corrected chi connectivity index (χ4v) is 1.91. The number of hydrogen-bond donors (Lipinski definition) is 1. The number of halogens is 1. The van der Waals surface area contributed by atoms with Crippen molar-refractivity contribution in [3.05, 3.63) is 35.3 Å². The molecule has 17 heavy (non-hydrogen) atoms. The van der Waals surface area contributed by atoms with Gasteiger partial charge >= 0.3 is 0 Å². The summed E-state index contributed by atoms with van der Waals surface area (Å²) in [7, 11) is 1.57. The van der Waals surface area contributed by atoms with Crippen LogP contribution in [-0.2, 0) is 6.42 Å². The zero-order chi connectivity index (χ0) is 12.4. The van der Waals surface area contributed by atoms with Crippen molar-refractivity contribution in [2.75, 3.05) is 13.7 Å². The number of benzene rings is 1. The Labute approximate surface area is 99.4 Å². The van der Waals surface area contributed by atoms with Gasteiger partial charge in [-0.15, -0.1) is 0 Å². The number of fused-ring (bicyclic) bond motifs is 1. The molecule has 0 aliphatic carbocycles. The molecule has 4 heteroatoms. The Morgan fingerprint density at radius 3 is 2.76 bits per heavy atom. The fraction of sp³-hybridized carbons (Fsp3) is 0.308. The third-order valence-corrected chi connectivity index (χ3v) is 2.67. The quantitative estimate of drug-likeness (QED) is 0.885. The van der Waals surface area contributed by atoms with E-state index in [4.69, 9.17) is 10.5 Å². The van der Waals surface area contributed by atoms with Crippen LogP contribution in [-0.4, -0.2) is 18.6 Å². The lowest BCUT2D eigenvalue weighted by molar-refractivity contribution is 0.419. The van der Waals surface area contributed by atoms with Gasteiger partial charge in [-0.05, 0) is 37.6 Å².